The zero-order chi connectivity index (χ0) is 14.0. The van der Waals surface area contributed by atoms with Crippen LogP contribution in [0.2, 0.25) is 0 Å². The van der Waals surface area contributed by atoms with Gasteiger partial charge in [-0.2, -0.15) is 0 Å². The van der Waals surface area contributed by atoms with Crippen LogP contribution >= 0.6 is 11.3 Å². The molecule has 1 aliphatic carbocycles. The fraction of sp³-hybridized carbons (Fsp3) is 0.800. The normalized spacial score (nSPS) is 29.1. The maximum absolute atomic E-state index is 6.10. The van der Waals surface area contributed by atoms with E-state index in [4.69, 9.17) is 14.5 Å². The van der Waals surface area contributed by atoms with Crippen LogP contribution in [-0.2, 0) is 15.1 Å². The Labute approximate surface area is 124 Å². The molecule has 0 amide bonds. The van der Waals surface area contributed by atoms with E-state index in [9.17, 15) is 0 Å². The van der Waals surface area contributed by atoms with Crippen LogP contribution in [0.1, 0.15) is 55.8 Å². The van der Waals surface area contributed by atoms with Crippen molar-refractivity contribution in [2.45, 2.75) is 56.8 Å². The van der Waals surface area contributed by atoms with E-state index in [-0.39, 0.29) is 5.60 Å². The Morgan fingerprint density at radius 1 is 1.45 bits per heavy atom. The van der Waals surface area contributed by atoms with Crippen LogP contribution in [0.25, 0.3) is 0 Å². The van der Waals surface area contributed by atoms with Crippen molar-refractivity contribution < 1.29 is 9.47 Å². The lowest BCUT2D eigenvalue weighted by atomic mass is 10.0. The molecule has 2 unspecified atom stereocenters. The molecule has 4 nitrogen and oxygen atoms in total. The molecule has 0 aromatic carbocycles. The maximum Gasteiger partial charge on any atom is 0.125 e. The summed E-state index contributed by atoms with van der Waals surface area (Å²) in [6, 6.07) is 0.338. The lowest BCUT2D eigenvalue weighted by Crippen LogP contribution is -2.26. The van der Waals surface area contributed by atoms with Crippen LogP contribution in [0, 0.1) is 0 Å². The van der Waals surface area contributed by atoms with Crippen molar-refractivity contribution in [2.75, 3.05) is 20.3 Å². The Balaban J connectivity index is 1.76. The van der Waals surface area contributed by atoms with E-state index in [1.165, 1.54) is 17.8 Å². The highest BCUT2D eigenvalue weighted by Gasteiger charge is 2.39. The van der Waals surface area contributed by atoms with Gasteiger partial charge >= 0.3 is 0 Å². The highest BCUT2D eigenvalue weighted by atomic mass is 32.1. The number of nitrogens with zero attached hydrogens (tertiary/aromatic N) is 1. The van der Waals surface area contributed by atoms with E-state index >= 15 is 0 Å². The molecule has 20 heavy (non-hydrogen) atoms. The van der Waals surface area contributed by atoms with Crippen LogP contribution in [0.3, 0.4) is 0 Å². The van der Waals surface area contributed by atoms with Crippen molar-refractivity contribution in [3.63, 3.8) is 0 Å². The van der Waals surface area contributed by atoms with Crippen LogP contribution in [-0.4, -0.2) is 31.3 Å². The first-order chi connectivity index (χ1) is 9.77. The minimum absolute atomic E-state index is 0.100. The molecule has 1 aliphatic heterocycles. The van der Waals surface area contributed by atoms with E-state index in [1.54, 1.807) is 18.4 Å². The molecule has 112 valence electrons. The Bertz CT molecular complexity index is 443. The van der Waals surface area contributed by atoms with Crippen molar-refractivity contribution in [3.8, 4) is 0 Å². The van der Waals surface area contributed by atoms with E-state index in [1.807, 2.05) is 0 Å². The third kappa shape index (κ3) is 2.64. The SMILES string of the molecule is CCOC1(c2nc(C3CC(OC)CN3)cs2)CCCC1. The van der Waals surface area contributed by atoms with E-state index in [0.29, 0.717) is 12.1 Å². The highest BCUT2D eigenvalue weighted by Crippen LogP contribution is 2.44. The summed E-state index contributed by atoms with van der Waals surface area (Å²) >= 11 is 1.76. The van der Waals surface area contributed by atoms with Crippen molar-refractivity contribution >= 4 is 11.3 Å². The number of thiazole rings is 1. The number of hydrogen-bond donors (Lipinski definition) is 1. The van der Waals surface area contributed by atoms with Crippen LogP contribution in [0.4, 0.5) is 0 Å². The summed E-state index contributed by atoms with van der Waals surface area (Å²) < 4.78 is 11.5. The molecule has 5 heteroatoms. The number of rotatable bonds is 5. The molecule has 2 aliphatic rings. The third-order valence-corrected chi connectivity index (χ3v) is 5.57. The van der Waals surface area contributed by atoms with Gasteiger partial charge in [-0.3, -0.25) is 0 Å². The Hall–Kier alpha value is -0.490. The summed E-state index contributed by atoms with van der Waals surface area (Å²) in [6.45, 7) is 3.77. The molecule has 2 heterocycles. The Morgan fingerprint density at radius 3 is 2.90 bits per heavy atom. The first-order valence-corrected chi connectivity index (χ1v) is 8.51. The molecule has 1 aromatic heterocycles. The Kier molecular flexibility index (Phi) is 4.40. The standard InChI is InChI=1S/C15H24N2O2S/c1-3-19-15(6-4-5-7-15)14-17-13(10-20-14)12-8-11(18-2)9-16-12/h10-12,16H,3-9H2,1-2H3. The van der Waals surface area contributed by atoms with Gasteiger partial charge < -0.3 is 14.8 Å². The second kappa shape index (κ2) is 6.10. The lowest BCUT2D eigenvalue weighted by Gasteiger charge is -2.26. The fourth-order valence-corrected chi connectivity index (χ4v) is 4.49. The van der Waals surface area contributed by atoms with Crippen LogP contribution in [0.5, 0.6) is 0 Å². The van der Waals surface area contributed by atoms with Crippen molar-refractivity contribution in [3.05, 3.63) is 16.1 Å². The minimum Gasteiger partial charge on any atom is -0.380 e. The number of aromatic nitrogens is 1. The van der Waals surface area contributed by atoms with Crippen LogP contribution < -0.4 is 5.32 Å². The fourth-order valence-electron chi connectivity index (χ4n) is 3.41. The van der Waals surface area contributed by atoms with Gasteiger partial charge in [0.05, 0.1) is 17.8 Å². The summed E-state index contributed by atoms with van der Waals surface area (Å²) in [5.41, 5.74) is 1.06. The molecule has 1 saturated carbocycles. The molecule has 1 aromatic rings. The molecule has 2 fully saturated rings. The molecular formula is C15H24N2O2S. The monoisotopic (exact) mass is 296 g/mol. The molecule has 1 N–H and O–H groups in total. The molecule has 0 spiro atoms. The van der Waals surface area contributed by atoms with Gasteiger partial charge in [0.15, 0.2) is 0 Å². The largest absolute Gasteiger partial charge is 0.380 e. The van der Waals surface area contributed by atoms with Crippen molar-refractivity contribution in [2.24, 2.45) is 0 Å². The summed E-state index contributed by atoms with van der Waals surface area (Å²) in [5.74, 6) is 0. The second-order valence-corrected chi connectivity index (χ2v) is 6.62. The van der Waals surface area contributed by atoms with E-state index in [2.05, 4.69) is 17.6 Å². The predicted octanol–water partition coefficient (Wildman–Crippen LogP) is 3.00. The predicted molar refractivity (Wildman–Crippen MR) is 80.0 cm³/mol. The second-order valence-electron chi connectivity index (χ2n) is 5.77. The average molecular weight is 296 g/mol. The summed E-state index contributed by atoms with van der Waals surface area (Å²) in [7, 11) is 1.78. The lowest BCUT2D eigenvalue weighted by molar-refractivity contribution is -0.0392. The van der Waals surface area contributed by atoms with Gasteiger partial charge in [0.2, 0.25) is 0 Å². The average Bonchev–Trinajstić information content (AvgIpc) is 3.19. The number of ether oxygens (including phenoxy) is 2. The van der Waals surface area contributed by atoms with Crippen molar-refractivity contribution in [1.29, 1.82) is 0 Å². The number of methoxy groups -OCH3 is 1. The molecule has 3 rings (SSSR count). The van der Waals surface area contributed by atoms with Crippen LogP contribution in [0.15, 0.2) is 5.38 Å². The zero-order valence-electron chi connectivity index (χ0n) is 12.4. The minimum atomic E-state index is -0.100. The third-order valence-electron chi connectivity index (χ3n) is 4.52. The summed E-state index contributed by atoms with van der Waals surface area (Å²) in [6.07, 6.45) is 6.07. The quantitative estimate of drug-likeness (QED) is 0.907. The molecular weight excluding hydrogens is 272 g/mol. The highest BCUT2D eigenvalue weighted by molar-refractivity contribution is 7.09. The Morgan fingerprint density at radius 2 is 2.25 bits per heavy atom. The first kappa shape index (κ1) is 14.4. The van der Waals surface area contributed by atoms with Crippen molar-refractivity contribution in [1.82, 2.24) is 10.3 Å². The molecule has 1 saturated heterocycles. The maximum atomic E-state index is 6.10. The van der Waals surface area contributed by atoms with Gasteiger partial charge in [-0.15, -0.1) is 11.3 Å². The molecule has 0 radical (unpaired) electrons. The smallest absolute Gasteiger partial charge is 0.125 e. The summed E-state index contributed by atoms with van der Waals surface area (Å²) in [4.78, 5) is 4.91. The number of hydrogen-bond acceptors (Lipinski definition) is 5. The van der Waals surface area contributed by atoms with Gasteiger partial charge in [-0.1, -0.05) is 12.8 Å². The zero-order valence-corrected chi connectivity index (χ0v) is 13.2. The van der Waals surface area contributed by atoms with Gasteiger partial charge in [-0.25, -0.2) is 4.98 Å². The topological polar surface area (TPSA) is 43.4 Å². The van der Waals surface area contributed by atoms with E-state index in [0.717, 1.165) is 38.1 Å². The van der Waals surface area contributed by atoms with Gasteiger partial charge in [0.25, 0.3) is 0 Å². The van der Waals surface area contributed by atoms with Gasteiger partial charge in [-0.05, 0) is 26.2 Å². The van der Waals surface area contributed by atoms with Gasteiger partial charge in [0.1, 0.15) is 10.6 Å². The van der Waals surface area contributed by atoms with Gasteiger partial charge in [0, 0.05) is 25.6 Å². The summed E-state index contributed by atoms with van der Waals surface area (Å²) in [5, 5.41) is 6.87. The molecule has 0 bridgehead atoms. The van der Waals surface area contributed by atoms with E-state index < -0.39 is 0 Å². The number of nitrogens with one attached hydrogen (secondary N) is 1. The molecule has 2 atom stereocenters. The first-order valence-electron chi connectivity index (χ1n) is 7.63.